The predicted octanol–water partition coefficient (Wildman–Crippen LogP) is 4.22. The third-order valence-corrected chi connectivity index (χ3v) is 7.55. The first-order chi connectivity index (χ1) is 16.9. The Hall–Kier alpha value is -3.68. The van der Waals surface area contributed by atoms with Gasteiger partial charge in [0, 0.05) is 24.3 Å². The van der Waals surface area contributed by atoms with Crippen LogP contribution < -0.4 is 5.56 Å². The highest BCUT2D eigenvalue weighted by Crippen LogP contribution is 2.51. The van der Waals surface area contributed by atoms with Crippen molar-refractivity contribution in [3.05, 3.63) is 75.9 Å². The van der Waals surface area contributed by atoms with Crippen molar-refractivity contribution in [1.82, 2.24) is 24.3 Å². The molecule has 0 bridgehead atoms. The van der Waals surface area contributed by atoms with Crippen LogP contribution in [-0.2, 0) is 17.2 Å². The summed E-state index contributed by atoms with van der Waals surface area (Å²) in [6, 6.07) is 9.98. The lowest BCUT2D eigenvalue weighted by molar-refractivity contribution is 0.0520. The number of esters is 1. The molecule has 0 aliphatic heterocycles. The summed E-state index contributed by atoms with van der Waals surface area (Å²) < 4.78 is 8.88. The molecule has 8 nitrogen and oxygen atoms in total. The molecule has 1 N–H and O–H groups in total. The first kappa shape index (κ1) is 21.8. The van der Waals surface area contributed by atoms with Crippen LogP contribution in [0.15, 0.2) is 47.7 Å². The van der Waals surface area contributed by atoms with Gasteiger partial charge in [-0.05, 0) is 73.8 Å². The largest absolute Gasteiger partial charge is 0.461 e. The Kier molecular flexibility index (Phi) is 4.95. The molecule has 1 aromatic carbocycles. The number of hydrogen-bond acceptors (Lipinski definition) is 5. The average Bonchev–Trinajstić information content (AvgIpc) is 3.41. The number of aromatic nitrogens is 5. The maximum Gasteiger partial charge on any atom is 0.354 e. The smallest absolute Gasteiger partial charge is 0.354 e. The van der Waals surface area contributed by atoms with Gasteiger partial charge in [0.15, 0.2) is 0 Å². The first-order valence-corrected chi connectivity index (χ1v) is 12.3. The van der Waals surface area contributed by atoms with Crippen molar-refractivity contribution < 1.29 is 9.53 Å². The van der Waals surface area contributed by atoms with Crippen LogP contribution in [0.2, 0.25) is 0 Å². The fraction of sp³-hybridized carbons (Fsp3) is 0.407. The molecule has 6 rings (SSSR count). The van der Waals surface area contributed by atoms with E-state index in [1.807, 2.05) is 29.9 Å². The van der Waals surface area contributed by atoms with Gasteiger partial charge in [-0.25, -0.2) is 4.79 Å². The van der Waals surface area contributed by atoms with E-state index in [0.29, 0.717) is 23.0 Å². The Morgan fingerprint density at radius 3 is 2.71 bits per heavy atom. The average molecular weight is 472 g/mol. The summed E-state index contributed by atoms with van der Waals surface area (Å²) in [7, 11) is 1.98. The summed E-state index contributed by atoms with van der Waals surface area (Å²) in [4.78, 5) is 29.1. The zero-order valence-electron chi connectivity index (χ0n) is 20.2. The van der Waals surface area contributed by atoms with Gasteiger partial charge in [0.2, 0.25) is 0 Å². The molecule has 0 radical (unpaired) electrons. The molecule has 2 saturated carbocycles. The molecular weight excluding hydrogens is 442 g/mol. The van der Waals surface area contributed by atoms with Crippen LogP contribution in [0, 0.1) is 5.92 Å². The molecule has 0 spiro atoms. The highest BCUT2D eigenvalue weighted by atomic mass is 16.5. The number of nitrogens with zero attached hydrogens (tertiary/aromatic N) is 4. The SMILES string of the molecule is CCOC(=O)c1cc2c(C3CC3)cn(-c3cccc(C4(c5nncn5C)CC(C)C4)c3)c(=O)c2[nH]1. The number of pyridine rings is 1. The van der Waals surface area contributed by atoms with Crippen molar-refractivity contribution in [2.75, 3.05) is 6.61 Å². The predicted molar refractivity (Wildman–Crippen MR) is 132 cm³/mol. The van der Waals surface area contributed by atoms with Gasteiger partial charge < -0.3 is 14.3 Å². The van der Waals surface area contributed by atoms with E-state index in [0.717, 1.165) is 53.7 Å². The monoisotopic (exact) mass is 471 g/mol. The number of rotatable bonds is 6. The minimum absolute atomic E-state index is 0.174. The van der Waals surface area contributed by atoms with Crippen molar-refractivity contribution in [2.24, 2.45) is 13.0 Å². The van der Waals surface area contributed by atoms with Crippen LogP contribution >= 0.6 is 0 Å². The lowest BCUT2D eigenvalue weighted by Gasteiger charge is -2.46. The highest BCUT2D eigenvalue weighted by molar-refractivity contribution is 5.96. The van der Waals surface area contributed by atoms with Crippen molar-refractivity contribution in [3.8, 4) is 5.69 Å². The van der Waals surface area contributed by atoms with E-state index in [4.69, 9.17) is 4.74 Å². The normalized spacial score (nSPS) is 21.7. The van der Waals surface area contributed by atoms with E-state index in [9.17, 15) is 9.59 Å². The van der Waals surface area contributed by atoms with Gasteiger partial charge >= 0.3 is 5.97 Å². The number of H-pyrrole nitrogens is 1. The second-order valence-electron chi connectivity index (χ2n) is 10.1. The molecule has 2 fully saturated rings. The fourth-order valence-corrected chi connectivity index (χ4v) is 5.82. The van der Waals surface area contributed by atoms with Gasteiger partial charge in [-0.2, -0.15) is 0 Å². The first-order valence-electron chi connectivity index (χ1n) is 12.3. The quantitative estimate of drug-likeness (QED) is 0.425. The number of nitrogens with one attached hydrogen (secondary N) is 1. The molecule has 2 aliphatic rings. The zero-order valence-corrected chi connectivity index (χ0v) is 20.2. The molecule has 0 unspecified atom stereocenters. The molecule has 35 heavy (non-hydrogen) atoms. The molecule has 0 atom stereocenters. The summed E-state index contributed by atoms with van der Waals surface area (Å²) in [5.74, 6) is 1.51. The number of hydrogen-bond donors (Lipinski definition) is 1. The second-order valence-corrected chi connectivity index (χ2v) is 10.1. The maximum absolute atomic E-state index is 13.7. The summed E-state index contributed by atoms with van der Waals surface area (Å²) in [6.07, 6.45) is 7.85. The van der Waals surface area contributed by atoms with Crippen molar-refractivity contribution >= 4 is 16.9 Å². The Labute approximate surface area is 202 Å². The van der Waals surface area contributed by atoms with E-state index >= 15 is 0 Å². The van der Waals surface area contributed by atoms with E-state index in [1.54, 1.807) is 23.9 Å². The molecule has 8 heteroatoms. The Morgan fingerprint density at radius 2 is 2.06 bits per heavy atom. The van der Waals surface area contributed by atoms with E-state index in [-0.39, 0.29) is 17.6 Å². The Balaban J connectivity index is 1.50. The fourth-order valence-electron chi connectivity index (χ4n) is 5.82. The number of aryl methyl sites for hydroxylation is 1. The van der Waals surface area contributed by atoms with Crippen molar-refractivity contribution in [2.45, 2.75) is 50.9 Å². The minimum atomic E-state index is -0.442. The molecule has 3 aromatic heterocycles. The third-order valence-electron chi connectivity index (χ3n) is 7.55. The summed E-state index contributed by atoms with van der Waals surface area (Å²) in [5, 5.41) is 9.41. The molecule has 0 amide bonds. The van der Waals surface area contributed by atoms with Gasteiger partial charge in [0.25, 0.3) is 5.56 Å². The molecular formula is C27H29N5O3. The van der Waals surface area contributed by atoms with Crippen molar-refractivity contribution in [3.63, 3.8) is 0 Å². The summed E-state index contributed by atoms with van der Waals surface area (Å²) in [5.41, 5.74) is 3.42. The number of benzene rings is 1. The third kappa shape index (κ3) is 3.42. The maximum atomic E-state index is 13.7. The van der Waals surface area contributed by atoms with E-state index < -0.39 is 5.97 Å². The molecule has 2 aliphatic carbocycles. The lowest BCUT2D eigenvalue weighted by Crippen LogP contribution is -2.43. The van der Waals surface area contributed by atoms with Crippen molar-refractivity contribution in [1.29, 1.82) is 0 Å². The van der Waals surface area contributed by atoms with Crippen LogP contribution in [0.5, 0.6) is 0 Å². The minimum Gasteiger partial charge on any atom is -0.461 e. The molecule has 0 saturated heterocycles. The van der Waals surface area contributed by atoms with Gasteiger partial charge in [0.05, 0.1) is 12.0 Å². The van der Waals surface area contributed by atoms with Gasteiger partial charge in [-0.3, -0.25) is 9.36 Å². The lowest BCUT2D eigenvalue weighted by atomic mass is 9.58. The van der Waals surface area contributed by atoms with Gasteiger partial charge in [-0.1, -0.05) is 19.1 Å². The van der Waals surface area contributed by atoms with Crippen LogP contribution in [-0.4, -0.2) is 36.9 Å². The highest BCUT2D eigenvalue weighted by Gasteiger charge is 2.48. The number of fused-ring (bicyclic) bond motifs is 1. The Bertz CT molecular complexity index is 1500. The van der Waals surface area contributed by atoms with Gasteiger partial charge in [0.1, 0.15) is 23.4 Å². The van der Waals surface area contributed by atoms with Crippen LogP contribution in [0.3, 0.4) is 0 Å². The number of ether oxygens (including phenoxy) is 1. The van der Waals surface area contributed by atoms with E-state index in [1.165, 1.54) is 0 Å². The van der Waals surface area contributed by atoms with Gasteiger partial charge in [-0.15, -0.1) is 10.2 Å². The second kappa shape index (κ2) is 7.93. The number of aromatic amines is 1. The molecule has 3 heterocycles. The van der Waals surface area contributed by atoms with Crippen LogP contribution in [0.4, 0.5) is 0 Å². The zero-order chi connectivity index (χ0) is 24.3. The number of carbonyl (C=O) groups excluding carboxylic acids is 1. The standard InChI is InChI=1S/C27H29N5O3/c1-4-35-25(34)22-11-20-21(17-8-9-17)14-32(24(33)23(20)29-22)19-7-5-6-18(10-19)27(12-16(2)13-27)26-30-28-15-31(26)3/h5-7,10-11,14-17,29H,4,8-9,12-13H2,1-3H3. The van der Waals surface area contributed by atoms with Crippen LogP contribution in [0.25, 0.3) is 16.6 Å². The molecule has 4 aromatic rings. The van der Waals surface area contributed by atoms with Crippen LogP contribution in [0.1, 0.15) is 72.9 Å². The molecule has 180 valence electrons. The summed E-state index contributed by atoms with van der Waals surface area (Å²) >= 11 is 0. The summed E-state index contributed by atoms with van der Waals surface area (Å²) in [6.45, 7) is 4.31. The Morgan fingerprint density at radius 1 is 1.26 bits per heavy atom. The van der Waals surface area contributed by atoms with E-state index in [2.05, 4.69) is 34.2 Å². The number of carbonyl (C=O) groups is 1. The topological polar surface area (TPSA) is 94.8 Å².